The number of ketones is 1. The molecule has 0 bridgehead atoms. The zero-order valence-corrected chi connectivity index (χ0v) is 28.7. The second-order valence-corrected chi connectivity index (χ2v) is 13.6. The molecular weight excluding hydrogens is 540 g/mol. The van der Waals surface area contributed by atoms with Crippen LogP contribution in [0.1, 0.15) is 82.1 Å². The van der Waals surface area contributed by atoms with E-state index in [1.165, 1.54) is 5.57 Å². The third kappa shape index (κ3) is 10.6. The van der Waals surface area contributed by atoms with Crippen molar-refractivity contribution in [2.24, 2.45) is 10.8 Å². The molecule has 0 spiro atoms. The predicted octanol–water partition coefficient (Wildman–Crippen LogP) is 9.89. The van der Waals surface area contributed by atoms with Crippen molar-refractivity contribution in [2.45, 2.75) is 94.3 Å². The molecule has 44 heavy (non-hydrogen) atoms. The molecule has 0 heterocycles. The lowest BCUT2D eigenvalue weighted by Gasteiger charge is -2.37. The van der Waals surface area contributed by atoms with Crippen LogP contribution in [0.4, 0.5) is 0 Å². The van der Waals surface area contributed by atoms with Gasteiger partial charge in [-0.25, -0.2) is 0 Å². The number of allylic oxidation sites excluding steroid dienone is 20. The van der Waals surface area contributed by atoms with Crippen LogP contribution < -0.4 is 0 Å². The molecule has 2 aliphatic rings. The summed E-state index contributed by atoms with van der Waals surface area (Å²) in [5, 5.41) is 20.3. The van der Waals surface area contributed by atoms with Gasteiger partial charge >= 0.3 is 0 Å². The van der Waals surface area contributed by atoms with Crippen LogP contribution in [-0.4, -0.2) is 28.2 Å². The Balaban J connectivity index is 1.95. The summed E-state index contributed by atoms with van der Waals surface area (Å²) in [6.45, 7) is 24.7. The Morgan fingerprint density at radius 1 is 0.636 bits per heavy atom. The second kappa shape index (κ2) is 16.0. The molecule has 2 unspecified atom stereocenters. The molecule has 2 aliphatic carbocycles. The van der Waals surface area contributed by atoms with Gasteiger partial charge < -0.3 is 10.2 Å². The van der Waals surface area contributed by atoms with Gasteiger partial charge in [-0.05, 0) is 93.1 Å². The average molecular weight is 595 g/mol. The molecule has 0 aromatic heterocycles. The molecule has 236 valence electrons. The quantitative estimate of drug-likeness (QED) is 0.248. The summed E-state index contributed by atoms with van der Waals surface area (Å²) < 4.78 is 0. The number of Topliss-reactive ketones (excluding diaryl/α,β-unsaturated/α-hetero) is 1. The van der Waals surface area contributed by atoms with Gasteiger partial charge in [0.05, 0.1) is 6.10 Å². The van der Waals surface area contributed by atoms with Crippen molar-refractivity contribution in [3.8, 4) is 0 Å². The van der Waals surface area contributed by atoms with Crippen molar-refractivity contribution < 1.29 is 15.0 Å². The first-order valence-electron chi connectivity index (χ1n) is 15.6. The Labute approximate surface area is 267 Å². The smallest absolute Gasteiger partial charge is 0.187 e. The summed E-state index contributed by atoms with van der Waals surface area (Å²) in [6.07, 6.45) is 28.8. The van der Waals surface area contributed by atoms with Gasteiger partial charge in [-0.1, -0.05) is 142 Å². The van der Waals surface area contributed by atoms with Crippen molar-refractivity contribution >= 4 is 5.78 Å². The van der Waals surface area contributed by atoms with E-state index in [0.29, 0.717) is 18.4 Å². The predicted molar refractivity (Wildman–Crippen MR) is 189 cm³/mol. The van der Waals surface area contributed by atoms with Crippen molar-refractivity contribution in [3.63, 3.8) is 0 Å². The van der Waals surface area contributed by atoms with Gasteiger partial charge in [-0.3, -0.25) is 4.79 Å². The Bertz CT molecular complexity index is 1340. The van der Waals surface area contributed by atoms with Crippen LogP contribution in [0.3, 0.4) is 0 Å². The first kappa shape index (κ1) is 36.7. The minimum atomic E-state index is -0.901. The number of aliphatic hydroxyl groups is 2. The SMILES string of the molecule is C=C1C(C)=C(/C=C/C(C)=C/C=C/C(C)=C/C=C/C=C(C)/C=C/C=C(C)/C=C/C2=C(C)C(=O)C(O)CC2(C)C)C(C)(C)CC1O. The number of hydrogen-bond donors (Lipinski definition) is 2. The minimum Gasteiger partial charge on any atom is -0.388 e. The lowest BCUT2D eigenvalue weighted by molar-refractivity contribution is -0.125. The largest absolute Gasteiger partial charge is 0.388 e. The fourth-order valence-corrected chi connectivity index (χ4v) is 5.69. The van der Waals surface area contributed by atoms with E-state index >= 15 is 0 Å². The summed E-state index contributed by atoms with van der Waals surface area (Å²) in [6, 6.07) is 0. The molecule has 3 heteroatoms. The maximum atomic E-state index is 12.2. The van der Waals surface area contributed by atoms with Gasteiger partial charge in [0.15, 0.2) is 5.78 Å². The second-order valence-electron chi connectivity index (χ2n) is 13.6. The molecule has 0 saturated carbocycles. The third-order valence-electron chi connectivity index (χ3n) is 8.52. The Morgan fingerprint density at radius 2 is 1.00 bits per heavy atom. The zero-order valence-electron chi connectivity index (χ0n) is 28.7. The number of carbonyl (C=O) groups excluding carboxylic acids is 1. The van der Waals surface area contributed by atoms with Crippen molar-refractivity contribution in [1.82, 2.24) is 0 Å². The summed E-state index contributed by atoms with van der Waals surface area (Å²) in [4.78, 5) is 12.2. The molecule has 0 radical (unpaired) electrons. The van der Waals surface area contributed by atoms with Gasteiger partial charge in [-0.2, -0.15) is 0 Å². The monoisotopic (exact) mass is 594 g/mol. The minimum absolute atomic E-state index is 0.0852. The van der Waals surface area contributed by atoms with Crippen LogP contribution in [0.2, 0.25) is 0 Å². The molecule has 2 rings (SSSR count). The van der Waals surface area contributed by atoms with E-state index in [4.69, 9.17) is 0 Å². The molecule has 2 N–H and O–H groups in total. The maximum Gasteiger partial charge on any atom is 0.187 e. The molecule has 0 aromatic carbocycles. The highest BCUT2D eigenvalue weighted by atomic mass is 16.3. The van der Waals surface area contributed by atoms with E-state index in [0.717, 1.165) is 39.0 Å². The van der Waals surface area contributed by atoms with E-state index in [1.54, 1.807) is 6.92 Å². The van der Waals surface area contributed by atoms with Crippen molar-refractivity contribution in [3.05, 3.63) is 142 Å². The van der Waals surface area contributed by atoms with Crippen LogP contribution in [-0.2, 0) is 4.79 Å². The highest BCUT2D eigenvalue weighted by Gasteiger charge is 2.36. The van der Waals surface area contributed by atoms with Gasteiger partial charge in [-0.15, -0.1) is 0 Å². The number of aliphatic hydroxyl groups excluding tert-OH is 2. The molecule has 0 saturated heterocycles. The van der Waals surface area contributed by atoms with E-state index in [1.807, 2.05) is 44.2 Å². The highest BCUT2D eigenvalue weighted by molar-refractivity contribution is 6.00. The third-order valence-corrected chi connectivity index (χ3v) is 8.52. The van der Waals surface area contributed by atoms with Crippen LogP contribution in [0.25, 0.3) is 0 Å². The highest BCUT2D eigenvalue weighted by Crippen LogP contribution is 2.43. The fraction of sp³-hybridized carbons (Fsp3) is 0.390. The van der Waals surface area contributed by atoms with E-state index in [2.05, 4.69) is 110 Å². The lowest BCUT2D eigenvalue weighted by Crippen LogP contribution is -2.35. The Morgan fingerprint density at radius 3 is 1.45 bits per heavy atom. The topological polar surface area (TPSA) is 57.5 Å². The van der Waals surface area contributed by atoms with Gasteiger partial charge in [0.1, 0.15) is 6.10 Å². The summed E-state index contributed by atoms with van der Waals surface area (Å²) in [5.41, 5.74) is 9.00. The van der Waals surface area contributed by atoms with Crippen LogP contribution in [0.15, 0.2) is 142 Å². The average Bonchev–Trinajstić information content (AvgIpc) is 2.92. The fourth-order valence-electron chi connectivity index (χ4n) is 5.69. The number of rotatable bonds is 10. The summed E-state index contributed by atoms with van der Waals surface area (Å²) in [5.74, 6) is -0.168. The summed E-state index contributed by atoms with van der Waals surface area (Å²) in [7, 11) is 0. The molecule has 0 aromatic rings. The molecule has 0 aliphatic heterocycles. The standard InChI is InChI=1S/C41H54O3/c1-28(18-14-20-30(3)22-24-35-32(5)33(6)37(42)26-40(35,8)9)16-12-13-17-29(2)19-15-21-31(4)23-25-36-34(7)39(44)38(43)27-41(36,10)11/h12-25,37-38,42-43H,6,26-27H2,1-5,7-11H3/b13-12+,18-14+,19-15+,24-22+,25-23+,28-16+,29-17+,30-20+,31-21+. The van der Waals surface area contributed by atoms with Gasteiger partial charge in [0.25, 0.3) is 0 Å². The maximum absolute atomic E-state index is 12.2. The molecule has 3 nitrogen and oxygen atoms in total. The first-order valence-corrected chi connectivity index (χ1v) is 15.6. The van der Waals surface area contributed by atoms with Gasteiger partial charge in [0.2, 0.25) is 0 Å². The summed E-state index contributed by atoms with van der Waals surface area (Å²) >= 11 is 0. The lowest BCUT2D eigenvalue weighted by atomic mass is 9.70. The number of carbonyl (C=O) groups is 1. The first-order chi connectivity index (χ1) is 20.5. The number of hydrogen-bond acceptors (Lipinski definition) is 3. The van der Waals surface area contributed by atoms with Crippen LogP contribution >= 0.6 is 0 Å². The Kier molecular flexibility index (Phi) is 13.3. The van der Waals surface area contributed by atoms with Crippen LogP contribution in [0.5, 0.6) is 0 Å². The zero-order chi connectivity index (χ0) is 33.2. The molecule has 0 amide bonds. The van der Waals surface area contributed by atoms with E-state index in [9.17, 15) is 15.0 Å². The molecule has 2 atom stereocenters. The normalized spacial score (nSPS) is 24.5. The van der Waals surface area contributed by atoms with E-state index < -0.39 is 12.2 Å². The molecular formula is C41H54O3. The van der Waals surface area contributed by atoms with Crippen LogP contribution in [0, 0.1) is 10.8 Å². The van der Waals surface area contributed by atoms with E-state index in [-0.39, 0.29) is 16.6 Å². The van der Waals surface area contributed by atoms with Gasteiger partial charge in [0, 0.05) is 0 Å². The molecule has 0 fully saturated rings. The van der Waals surface area contributed by atoms with Crippen molar-refractivity contribution in [2.75, 3.05) is 0 Å². The van der Waals surface area contributed by atoms with Crippen molar-refractivity contribution in [1.29, 1.82) is 0 Å². The Hall–Kier alpha value is -3.53.